The SMILES string of the molecule is Nc1cc(C(=O)O)ccc1C1CCSCC1. The molecule has 0 aromatic heterocycles. The van der Waals surface area contributed by atoms with Gasteiger partial charge in [0.25, 0.3) is 0 Å². The maximum Gasteiger partial charge on any atom is 0.335 e. The van der Waals surface area contributed by atoms with Gasteiger partial charge in [0.05, 0.1) is 5.56 Å². The Bertz CT molecular complexity index is 400. The molecule has 0 unspecified atom stereocenters. The summed E-state index contributed by atoms with van der Waals surface area (Å²) in [5.41, 5.74) is 7.93. The molecule has 1 aromatic carbocycles. The lowest BCUT2D eigenvalue weighted by Crippen LogP contribution is -2.10. The smallest absolute Gasteiger partial charge is 0.335 e. The maximum atomic E-state index is 10.8. The van der Waals surface area contributed by atoms with E-state index in [1.807, 2.05) is 17.8 Å². The van der Waals surface area contributed by atoms with Crippen LogP contribution in [0.15, 0.2) is 18.2 Å². The van der Waals surface area contributed by atoms with Crippen LogP contribution in [-0.2, 0) is 0 Å². The van der Waals surface area contributed by atoms with E-state index in [0.29, 0.717) is 11.6 Å². The molecular weight excluding hydrogens is 222 g/mol. The Morgan fingerprint density at radius 2 is 2.06 bits per heavy atom. The summed E-state index contributed by atoms with van der Waals surface area (Å²) in [7, 11) is 0. The molecule has 1 aliphatic rings. The number of hydrogen-bond donors (Lipinski definition) is 2. The number of nitrogens with two attached hydrogens (primary N) is 1. The van der Waals surface area contributed by atoms with Crippen molar-refractivity contribution in [1.82, 2.24) is 0 Å². The molecule has 0 aliphatic carbocycles. The maximum absolute atomic E-state index is 10.8. The number of carboxylic acids is 1. The van der Waals surface area contributed by atoms with Gasteiger partial charge in [-0.15, -0.1) is 0 Å². The Morgan fingerprint density at radius 3 is 2.62 bits per heavy atom. The number of carboxylic acid groups (broad SMARTS) is 1. The summed E-state index contributed by atoms with van der Waals surface area (Å²) < 4.78 is 0. The third-order valence-electron chi connectivity index (χ3n) is 2.99. The highest BCUT2D eigenvalue weighted by atomic mass is 32.2. The predicted molar refractivity (Wildman–Crippen MR) is 67.1 cm³/mol. The van der Waals surface area contributed by atoms with Gasteiger partial charge in [0.2, 0.25) is 0 Å². The molecule has 86 valence electrons. The highest BCUT2D eigenvalue weighted by Crippen LogP contribution is 2.34. The van der Waals surface area contributed by atoms with E-state index in [1.54, 1.807) is 12.1 Å². The Hall–Kier alpha value is -1.16. The molecule has 1 aliphatic heterocycles. The van der Waals surface area contributed by atoms with Crippen LogP contribution >= 0.6 is 11.8 Å². The van der Waals surface area contributed by atoms with Gasteiger partial charge in [-0.05, 0) is 48.0 Å². The van der Waals surface area contributed by atoms with Crippen LogP contribution in [-0.4, -0.2) is 22.6 Å². The quantitative estimate of drug-likeness (QED) is 0.776. The highest BCUT2D eigenvalue weighted by Gasteiger charge is 2.18. The third kappa shape index (κ3) is 2.32. The van der Waals surface area contributed by atoms with Crippen LogP contribution in [0.2, 0.25) is 0 Å². The second-order valence-corrected chi connectivity index (χ2v) is 5.26. The van der Waals surface area contributed by atoms with E-state index in [0.717, 1.165) is 18.4 Å². The molecule has 3 nitrogen and oxygen atoms in total. The Balaban J connectivity index is 2.24. The summed E-state index contributed by atoms with van der Waals surface area (Å²) >= 11 is 1.97. The number of rotatable bonds is 2. The van der Waals surface area contributed by atoms with Gasteiger partial charge < -0.3 is 10.8 Å². The molecule has 0 saturated carbocycles. The van der Waals surface area contributed by atoms with Gasteiger partial charge >= 0.3 is 5.97 Å². The van der Waals surface area contributed by atoms with Gasteiger partial charge in [0, 0.05) is 5.69 Å². The highest BCUT2D eigenvalue weighted by molar-refractivity contribution is 7.99. The van der Waals surface area contributed by atoms with Crippen molar-refractivity contribution in [3.8, 4) is 0 Å². The first-order valence-electron chi connectivity index (χ1n) is 5.39. The predicted octanol–water partition coefficient (Wildman–Crippen LogP) is 2.58. The van der Waals surface area contributed by atoms with E-state index < -0.39 is 5.97 Å². The second-order valence-electron chi connectivity index (χ2n) is 4.04. The van der Waals surface area contributed by atoms with Gasteiger partial charge in [0.1, 0.15) is 0 Å². The minimum Gasteiger partial charge on any atom is -0.478 e. The molecule has 2 rings (SSSR count). The van der Waals surface area contributed by atoms with Crippen molar-refractivity contribution < 1.29 is 9.90 Å². The zero-order valence-electron chi connectivity index (χ0n) is 8.98. The molecule has 1 heterocycles. The Labute approximate surface area is 99.0 Å². The number of benzene rings is 1. The van der Waals surface area contributed by atoms with Crippen LogP contribution in [0.5, 0.6) is 0 Å². The topological polar surface area (TPSA) is 63.3 Å². The van der Waals surface area contributed by atoms with Crippen molar-refractivity contribution in [2.24, 2.45) is 0 Å². The van der Waals surface area contributed by atoms with Crippen LogP contribution < -0.4 is 5.73 Å². The summed E-state index contributed by atoms with van der Waals surface area (Å²) in [6.07, 6.45) is 2.28. The monoisotopic (exact) mass is 237 g/mol. The minimum absolute atomic E-state index is 0.270. The largest absolute Gasteiger partial charge is 0.478 e. The number of aromatic carboxylic acids is 1. The van der Waals surface area contributed by atoms with Crippen molar-refractivity contribution in [3.05, 3.63) is 29.3 Å². The molecule has 1 saturated heterocycles. The summed E-state index contributed by atoms with van der Waals surface area (Å²) in [4.78, 5) is 10.8. The number of carbonyl (C=O) groups is 1. The fourth-order valence-corrected chi connectivity index (χ4v) is 3.19. The fraction of sp³-hybridized carbons (Fsp3) is 0.417. The van der Waals surface area contributed by atoms with E-state index in [2.05, 4.69) is 0 Å². The zero-order valence-corrected chi connectivity index (χ0v) is 9.80. The normalized spacial score (nSPS) is 17.2. The van der Waals surface area contributed by atoms with E-state index >= 15 is 0 Å². The van der Waals surface area contributed by atoms with E-state index in [1.165, 1.54) is 11.5 Å². The molecule has 0 atom stereocenters. The molecule has 0 spiro atoms. The summed E-state index contributed by atoms with van der Waals surface area (Å²) in [5.74, 6) is 1.93. The average molecular weight is 237 g/mol. The van der Waals surface area contributed by atoms with Gasteiger partial charge in [-0.25, -0.2) is 4.79 Å². The lowest BCUT2D eigenvalue weighted by atomic mass is 9.91. The molecule has 0 amide bonds. The number of anilines is 1. The average Bonchev–Trinajstić information content (AvgIpc) is 2.30. The Morgan fingerprint density at radius 1 is 1.38 bits per heavy atom. The summed E-state index contributed by atoms with van der Waals surface area (Å²) in [6, 6.07) is 5.09. The molecule has 3 N–H and O–H groups in total. The fourth-order valence-electron chi connectivity index (χ4n) is 2.09. The molecule has 16 heavy (non-hydrogen) atoms. The molecule has 0 bridgehead atoms. The number of hydrogen-bond acceptors (Lipinski definition) is 3. The molecule has 4 heteroatoms. The van der Waals surface area contributed by atoms with Crippen LogP contribution in [0.1, 0.15) is 34.7 Å². The van der Waals surface area contributed by atoms with Crippen molar-refractivity contribution in [2.45, 2.75) is 18.8 Å². The standard InChI is InChI=1S/C12H15NO2S/c13-11-7-9(12(14)15)1-2-10(11)8-3-5-16-6-4-8/h1-2,7-8H,3-6,13H2,(H,14,15). The summed E-state index contributed by atoms with van der Waals surface area (Å²) in [6.45, 7) is 0. The second kappa shape index (κ2) is 4.78. The van der Waals surface area contributed by atoms with Crippen molar-refractivity contribution in [2.75, 3.05) is 17.2 Å². The van der Waals surface area contributed by atoms with E-state index in [-0.39, 0.29) is 5.56 Å². The molecule has 1 fully saturated rings. The zero-order chi connectivity index (χ0) is 11.5. The van der Waals surface area contributed by atoms with E-state index in [9.17, 15) is 4.79 Å². The first-order valence-corrected chi connectivity index (χ1v) is 6.54. The lowest BCUT2D eigenvalue weighted by molar-refractivity contribution is 0.0697. The van der Waals surface area contributed by atoms with Crippen molar-refractivity contribution >= 4 is 23.4 Å². The third-order valence-corrected chi connectivity index (χ3v) is 4.04. The van der Waals surface area contributed by atoms with Gasteiger partial charge in [0.15, 0.2) is 0 Å². The van der Waals surface area contributed by atoms with Crippen LogP contribution in [0, 0.1) is 0 Å². The van der Waals surface area contributed by atoms with Crippen LogP contribution in [0.3, 0.4) is 0 Å². The van der Waals surface area contributed by atoms with Crippen LogP contribution in [0.25, 0.3) is 0 Å². The number of thioether (sulfide) groups is 1. The van der Waals surface area contributed by atoms with Crippen molar-refractivity contribution in [1.29, 1.82) is 0 Å². The Kier molecular flexibility index (Phi) is 3.39. The molecular formula is C12H15NO2S. The first kappa shape index (κ1) is 11.3. The van der Waals surface area contributed by atoms with Gasteiger partial charge in [-0.3, -0.25) is 0 Å². The molecule has 1 aromatic rings. The van der Waals surface area contributed by atoms with E-state index in [4.69, 9.17) is 10.8 Å². The van der Waals surface area contributed by atoms with Gasteiger partial charge in [-0.2, -0.15) is 11.8 Å². The van der Waals surface area contributed by atoms with Crippen molar-refractivity contribution in [3.63, 3.8) is 0 Å². The summed E-state index contributed by atoms with van der Waals surface area (Å²) in [5, 5.41) is 8.85. The first-order chi connectivity index (χ1) is 7.68. The lowest BCUT2D eigenvalue weighted by Gasteiger charge is -2.23. The molecule has 0 radical (unpaired) electrons. The minimum atomic E-state index is -0.919. The number of nitrogen functional groups attached to an aromatic ring is 1. The van der Waals surface area contributed by atoms with Crippen LogP contribution in [0.4, 0.5) is 5.69 Å². The van der Waals surface area contributed by atoms with Gasteiger partial charge in [-0.1, -0.05) is 6.07 Å².